The van der Waals surface area contributed by atoms with E-state index < -0.39 is 11.8 Å². The molecule has 0 aliphatic carbocycles. The minimum Gasteiger partial charge on any atom is -0.497 e. The maximum Gasteiger partial charge on any atom is 0.262 e. The molecule has 0 unspecified atom stereocenters. The van der Waals surface area contributed by atoms with Crippen molar-refractivity contribution in [3.8, 4) is 5.75 Å². The molecule has 122 valence electrons. The van der Waals surface area contributed by atoms with Gasteiger partial charge in [0, 0.05) is 12.2 Å². The van der Waals surface area contributed by atoms with Gasteiger partial charge in [-0.1, -0.05) is 42.5 Å². The summed E-state index contributed by atoms with van der Waals surface area (Å²) < 4.78 is 5.06. The molecule has 0 saturated carbocycles. The Labute approximate surface area is 140 Å². The van der Waals surface area contributed by atoms with E-state index in [0.717, 1.165) is 16.9 Å². The highest BCUT2D eigenvalue weighted by molar-refractivity contribution is 5.96. The van der Waals surface area contributed by atoms with Gasteiger partial charge in [-0.3, -0.25) is 20.4 Å². The smallest absolute Gasteiger partial charge is 0.262 e. The number of methoxy groups -OCH3 is 1. The lowest BCUT2D eigenvalue weighted by molar-refractivity contribution is -0.123. The number of rotatable bonds is 5. The van der Waals surface area contributed by atoms with Crippen LogP contribution in [0.5, 0.6) is 5.75 Å². The van der Waals surface area contributed by atoms with Crippen molar-refractivity contribution in [2.45, 2.75) is 0 Å². The molecule has 0 heterocycles. The van der Waals surface area contributed by atoms with E-state index in [0.29, 0.717) is 0 Å². The Hall–Kier alpha value is -3.34. The molecule has 0 atom stereocenters. The summed E-state index contributed by atoms with van der Waals surface area (Å²) in [7, 11) is 1.59. The van der Waals surface area contributed by atoms with Crippen LogP contribution < -0.4 is 15.6 Å². The van der Waals surface area contributed by atoms with E-state index in [1.807, 2.05) is 42.5 Å². The van der Waals surface area contributed by atoms with Crippen molar-refractivity contribution in [2.75, 3.05) is 7.11 Å². The standard InChI is InChI=1S/C19H18N2O3/c1-24-17-11-7-16(8-12-17)10-14-19(23)21-20-18(22)13-9-15-5-3-2-4-6-15/h2-14H,1H3,(H,20,22)(H,21,23). The van der Waals surface area contributed by atoms with E-state index >= 15 is 0 Å². The number of amides is 2. The van der Waals surface area contributed by atoms with Gasteiger partial charge in [-0.2, -0.15) is 0 Å². The lowest BCUT2D eigenvalue weighted by Crippen LogP contribution is -2.39. The van der Waals surface area contributed by atoms with Gasteiger partial charge in [0.05, 0.1) is 7.11 Å². The van der Waals surface area contributed by atoms with Crippen LogP contribution in [0.25, 0.3) is 12.2 Å². The molecule has 0 fully saturated rings. The van der Waals surface area contributed by atoms with Gasteiger partial charge in [-0.25, -0.2) is 0 Å². The monoisotopic (exact) mass is 322 g/mol. The summed E-state index contributed by atoms with van der Waals surface area (Å²) in [5.41, 5.74) is 6.37. The van der Waals surface area contributed by atoms with Crippen molar-refractivity contribution >= 4 is 24.0 Å². The molecule has 2 N–H and O–H groups in total. The molecule has 0 bridgehead atoms. The number of benzene rings is 2. The lowest BCUT2D eigenvalue weighted by Gasteiger charge is -2.02. The number of ether oxygens (including phenoxy) is 1. The van der Waals surface area contributed by atoms with E-state index in [1.54, 1.807) is 31.4 Å². The van der Waals surface area contributed by atoms with Gasteiger partial charge in [-0.05, 0) is 35.4 Å². The fraction of sp³-hybridized carbons (Fsp3) is 0.0526. The third-order valence-electron chi connectivity index (χ3n) is 3.08. The average Bonchev–Trinajstić information content (AvgIpc) is 2.64. The second-order valence-corrected chi connectivity index (χ2v) is 4.83. The van der Waals surface area contributed by atoms with Crippen molar-refractivity contribution in [1.29, 1.82) is 0 Å². The normalized spacial score (nSPS) is 10.7. The van der Waals surface area contributed by atoms with Crippen LogP contribution in [0.2, 0.25) is 0 Å². The second kappa shape index (κ2) is 8.95. The number of hydrazine groups is 1. The Kier molecular flexibility index (Phi) is 6.35. The Bertz CT molecular complexity index is 735. The molecule has 0 saturated heterocycles. The molecule has 0 aliphatic heterocycles. The Balaban J connectivity index is 1.78. The molecular formula is C19H18N2O3. The number of carbonyl (C=O) groups is 2. The largest absolute Gasteiger partial charge is 0.497 e. The van der Waals surface area contributed by atoms with Crippen molar-refractivity contribution in [3.63, 3.8) is 0 Å². The Morgan fingerprint density at radius 3 is 1.79 bits per heavy atom. The Morgan fingerprint density at radius 2 is 1.29 bits per heavy atom. The van der Waals surface area contributed by atoms with Gasteiger partial charge >= 0.3 is 0 Å². The highest BCUT2D eigenvalue weighted by Gasteiger charge is 1.98. The number of hydrogen-bond donors (Lipinski definition) is 2. The highest BCUT2D eigenvalue weighted by Crippen LogP contribution is 2.12. The van der Waals surface area contributed by atoms with Crippen LogP contribution in [0.15, 0.2) is 66.7 Å². The topological polar surface area (TPSA) is 67.4 Å². The quantitative estimate of drug-likeness (QED) is 0.657. The second-order valence-electron chi connectivity index (χ2n) is 4.83. The fourth-order valence-electron chi connectivity index (χ4n) is 1.83. The zero-order valence-corrected chi connectivity index (χ0v) is 13.2. The van der Waals surface area contributed by atoms with E-state index in [9.17, 15) is 9.59 Å². The van der Waals surface area contributed by atoms with E-state index in [4.69, 9.17) is 4.74 Å². The van der Waals surface area contributed by atoms with E-state index in [-0.39, 0.29) is 0 Å². The lowest BCUT2D eigenvalue weighted by atomic mass is 10.2. The first kappa shape index (κ1) is 17.0. The minimum atomic E-state index is -0.424. The number of carbonyl (C=O) groups excluding carboxylic acids is 2. The maximum atomic E-state index is 11.7. The van der Waals surface area contributed by atoms with Crippen LogP contribution in [0.1, 0.15) is 11.1 Å². The van der Waals surface area contributed by atoms with Crippen LogP contribution in [0, 0.1) is 0 Å². The van der Waals surface area contributed by atoms with Crippen LogP contribution >= 0.6 is 0 Å². The number of nitrogens with one attached hydrogen (secondary N) is 2. The first-order chi connectivity index (χ1) is 11.7. The zero-order valence-electron chi connectivity index (χ0n) is 13.2. The predicted molar refractivity (Wildman–Crippen MR) is 93.8 cm³/mol. The molecule has 2 amide bonds. The van der Waals surface area contributed by atoms with Crippen molar-refractivity contribution in [1.82, 2.24) is 10.9 Å². The third kappa shape index (κ3) is 5.81. The summed E-state index contributed by atoms with van der Waals surface area (Å²) in [4.78, 5) is 23.3. The van der Waals surface area contributed by atoms with Gasteiger partial charge in [0.25, 0.3) is 11.8 Å². The molecule has 0 spiro atoms. The van der Waals surface area contributed by atoms with Gasteiger partial charge in [0.2, 0.25) is 0 Å². The summed E-state index contributed by atoms with van der Waals surface area (Å²) in [6.07, 6.45) is 5.99. The molecule has 5 nitrogen and oxygen atoms in total. The molecule has 2 rings (SSSR count). The average molecular weight is 322 g/mol. The molecule has 24 heavy (non-hydrogen) atoms. The van der Waals surface area contributed by atoms with Crippen molar-refractivity contribution in [2.24, 2.45) is 0 Å². The summed E-state index contributed by atoms with van der Waals surface area (Å²) in [6, 6.07) is 16.6. The fourth-order valence-corrected chi connectivity index (χ4v) is 1.83. The van der Waals surface area contributed by atoms with Crippen molar-refractivity contribution < 1.29 is 14.3 Å². The molecule has 0 aromatic heterocycles. The highest BCUT2D eigenvalue weighted by atomic mass is 16.5. The molecule has 0 aliphatic rings. The minimum absolute atomic E-state index is 0.412. The SMILES string of the molecule is COc1ccc(C=CC(=O)NNC(=O)C=Cc2ccccc2)cc1. The summed E-state index contributed by atoms with van der Waals surface area (Å²) in [6.45, 7) is 0. The van der Waals surface area contributed by atoms with Gasteiger partial charge in [0.15, 0.2) is 0 Å². The van der Waals surface area contributed by atoms with Crippen LogP contribution in [0.3, 0.4) is 0 Å². The van der Waals surface area contributed by atoms with Gasteiger partial charge in [-0.15, -0.1) is 0 Å². The molecule has 2 aromatic rings. The zero-order chi connectivity index (χ0) is 17.2. The van der Waals surface area contributed by atoms with E-state index in [2.05, 4.69) is 10.9 Å². The first-order valence-corrected chi connectivity index (χ1v) is 7.32. The van der Waals surface area contributed by atoms with Crippen LogP contribution in [-0.4, -0.2) is 18.9 Å². The molecular weight excluding hydrogens is 304 g/mol. The summed E-state index contributed by atoms with van der Waals surface area (Å²) >= 11 is 0. The van der Waals surface area contributed by atoms with Crippen LogP contribution in [0.4, 0.5) is 0 Å². The number of hydrogen-bond acceptors (Lipinski definition) is 3. The first-order valence-electron chi connectivity index (χ1n) is 7.32. The van der Waals surface area contributed by atoms with Gasteiger partial charge < -0.3 is 4.74 Å². The van der Waals surface area contributed by atoms with Crippen molar-refractivity contribution in [3.05, 3.63) is 77.9 Å². The summed E-state index contributed by atoms with van der Waals surface area (Å²) in [5.74, 6) is -0.0913. The Morgan fingerprint density at radius 1 is 0.792 bits per heavy atom. The predicted octanol–water partition coefficient (Wildman–Crippen LogP) is 2.57. The van der Waals surface area contributed by atoms with Crippen LogP contribution in [-0.2, 0) is 9.59 Å². The summed E-state index contributed by atoms with van der Waals surface area (Å²) in [5, 5.41) is 0. The molecule has 5 heteroatoms. The van der Waals surface area contributed by atoms with Gasteiger partial charge in [0.1, 0.15) is 5.75 Å². The van der Waals surface area contributed by atoms with E-state index in [1.165, 1.54) is 12.2 Å². The third-order valence-corrected chi connectivity index (χ3v) is 3.08. The molecule has 2 aromatic carbocycles. The maximum absolute atomic E-state index is 11.7. The molecule has 0 radical (unpaired) electrons.